The Bertz CT molecular complexity index is 563. The van der Waals surface area contributed by atoms with Crippen molar-refractivity contribution in [2.75, 3.05) is 6.54 Å². The highest BCUT2D eigenvalue weighted by atomic mass is 19.1. The van der Waals surface area contributed by atoms with Gasteiger partial charge < -0.3 is 4.90 Å². The third-order valence-electron chi connectivity index (χ3n) is 3.59. The molecule has 0 aliphatic carbocycles. The maximum absolute atomic E-state index is 14.0. The first-order valence-corrected chi connectivity index (χ1v) is 6.40. The minimum Gasteiger partial charge on any atom is -0.335 e. The quantitative estimate of drug-likeness (QED) is 0.633. The number of nitro benzene ring substituents is 1. The maximum Gasteiger partial charge on any atom is 0.305 e. The van der Waals surface area contributed by atoms with Crippen LogP contribution in [-0.4, -0.2) is 28.3 Å². The van der Waals surface area contributed by atoms with Crippen LogP contribution in [0, 0.1) is 21.7 Å². The monoisotopic (exact) mass is 284 g/mol. The molecule has 0 bridgehead atoms. The van der Waals surface area contributed by atoms with E-state index in [2.05, 4.69) is 0 Å². The normalized spacial score (nSPS) is 18.4. The minimum absolute atomic E-state index is 0.0689. The van der Waals surface area contributed by atoms with Crippen LogP contribution < -0.4 is 0 Å². The number of hydrogen-bond donors (Lipinski definition) is 0. The van der Waals surface area contributed by atoms with Crippen molar-refractivity contribution in [1.82, 2.24) is 4.90 Å². The van der Waals surface area contributed by atoms with Crippen LogP contribution in [0.3, 0.4) is 0 Å². The molecule has 1 aromatic carbocycles. The molecule has 1 amide bonds. The largest absolute Gasteiger partial charge is 0.335 e. The Kier molecular flexibility index (Phi) is 3.96. The van der Waals surface area contributed by atoms with E-state index in [4.69, 9.17) is 0 Å². The Morgan fingerprint density at radius 2 is 2.20 bits per heavy atom. The van der Waals surface area contributed by atoms with E-state index in [9.17, 15) is 23.7 Å². The molecule has 0 saturated carbocycles. The summed E-state index contributed by atoms with van der Waals surface area (Å²) in [6.07, 6.45) is 2.23. The Morgan fingerprint density at radius 3 is 2.80 bits per heavy atom. The third kappa shape index (κ3) is 2.35. The highest BCUT2D eigenvalue weighted by Gasteiger charge is 2.34. The van der Waals surface area contributed by atoms with Gasteiger partial charge in [-0.25, -0.2) is 4.39 Å². The fourth-order valence-electron chi connectivity index (χ4n) is 2.55. The van der Waals surface area contributed by atoms with E-state index in [1.54, 1.807) is 0 Å². The molecule has 1 atom stereocenters. The molecular formula is C13H14F2N2O3. The predicted octanol–water partition coefficient (Wildman–Crippen LogP) is 2.89. The molecule has 5 nitrogen and oxygen atoms in total. The highest BCUT2D eigenvalue weighted by Crippen LogP contribution is 2.28. The number of amides is 1. The lowest BCUT2D eigenvalue weighted by Gasteiger charge is -2.23. The van der Waals surface area contributed by atoms with Crippen LogP contribution in [0.1, 0.15) is 36.5 Å². The lowest BCUT2D eigenvalue weighted by Crippen LogP contribution is -2.36. The Balaban J connectivity index is 2.44. The summed E-state index contributed by atoms with van der Waals surface area (Å²) in [6, 6.07) is 1.41. The topological polar surface area (TPSA) is 63.5 Å². The first-order valence-electron chi connectivity index (χ1n) is 6.40. The number of nitro groups is 1. The van der Waals surface area contributed by atoms with Gasteiger partial charge in [-0.2, -0.15) is 4.39 Å². The molecule has 0 aromatic heterocycles. The SMILES string of the molecule is CCC1CCCN1C(=O)c1c(F)ccc([N+](=O)[O-])c1F. The second-order valence-electron chi connectivity index (χ2n) is 4.72. The number of benzene rings is 1. The van der Waals surface area contributed by atoms with E-state index in [1.807, 2.05) is 6.92 Å². The van der Waals surface area contributed by atoms with Crippen molar-refractivity contribution < 1.29 is 18.5 Å². The molecule has 0 radical (unpaired) electrons. The summed E-state index contributed by atoms with van der Waals surface area (Å²) in [5, 5.41) is 10.7. The summed E-state index contributed by atoms with van der Waals surface area (Å²) < 4.78 is 27.7. The van der Waals surface area contributed by atoms with E-state index >= 15 is 0 Å². The summed E-state index contributed by atoms with van der Waals surface area (Å²) in [4.78, 5) is 23.4. The Labute approximate surface area is 114 Å². The zero-order valence-electron chi connectivity index (χ0n) is 10.9. The van der Waals surface area contributed by atoms with Crippen LogP contribution in [0.25, 0.3) is 0 Å². The molecule has 108 valence electrons. The number of halogens is 2. The standard InChI is InChI=1S/C13H14F2N2O3/c1-2-8-4-3-7-16(8)13(18)11-9(14)5-6-10(12(11)15)17(19)20/h5-6,8H,2-4,7H2,1H3. The summed E-state index contributed by atoms with van der Waals surface area (Å²) in [7, 11) is 0. The van der Waals surface area contributed by atoms with Gasteiger partial charge in [0.15, 0.2) is 0 Å². The van der Waals surface area contributed by atoms with Crippen molar-refractivity contribution >= 4 is 11.6 Å². The third-order valence-corrected chi connectivity index (χ3v) is 3.59. The predicted molar refractivity (Wildman–Crippen MR) is 67.4 cm³/mol. The molecule has 1 aliphatic rings. The van der Waals surface area contributed by atoms with Crippen LogP contribution in [0.15, 0.2) is 12.1 Å². The van der Waals surface area contributed by atoms with Crippen molar-refractivity contribution in [3.8, 4) is 0 Å². The number of likely N-dealkylation sites (tertiary alicyclic amines) is 1. The van der Waals surface area contributed by atoms with Gasteiger partial charge in [0.05, 0.1) is 4.92 Å². The second-order valence-corrected chi connectivity index (χ2v) is 4.72. The number of carbonyl (C=O) groups excluding carboxylic acids is 1. The van der Waals surface area contributed by atoms with Gasteiger partial charge in [0.1, 0.15) is 11.4 Å². The van der Waals surface area contributed by atoms with Gasteiger partial charge >= 0.3 is 5.69 Å². The Hall–Kier alpha value is -2.05. The highest BCUT2D eigenvalue weighted by molar-refractivity contribution is 5.95. The van der Waals surface area contributed by atoms with Crippen molar-refractivity contribution in [2.45, 2.75) is 32.2 Å². The molecule has 0 N–H and O–H groups in total. The van der Waals surface area contributed by atoms with E-state index in [0.717, 1.165) is 25.0 Å². The van der Waals surface area contributed by atoms with Gasteiger partial charge in [-0.15, -0.1) is 0 Å². The number of hydrogen-bond acceptors (Lipinski definition) is 3. The molecule has 1 saturated heterocycles. The lowest BCUT2D eigenvalue weighted by molar-refractivity contribution is -0.387. The zero-order valence-corrected chi connectivity index (χ0v) is 10.9. The summed E-state index contributed by atoms with van der Waals surface area (Å²) >= 11 is 0. The lowest BCUT2D eigenvalue weighted by atomic mass is 10.1. The number of nitrogens with zero attached hydrogens (tertiary/aromatic N) is 2. The smallest absolute Gasteiger partial charge is 0.305 e. The first kappa shape index (κ1) is 14.4. The van der Waals surface area contributed by atoms with E-state index < -0.39 is 33.7 Å². The van der Waals surface area contributed by atoms with Crippen molar-refractivity contribution in [1.29, 1.82) is 0 Å². The van der Waals surface area contributed by atoms with Crippen molar-refractivity contribution in [2.24, 2.45) is 0 Å². The van der Waals surface area contributed by atoms with Gasteiger partial charge in [0, 0.05) is 18.7 Å². The molecule has 0 spiro atoms. The molecule has 20 heavy (non-hydrogen) atoms. The average Bonchev–Trinajstić information content (AvgIpc) is 2.86. The summed E-state index contributed by atoms with van der Waals surface area (Å²) in [5.74, 6) is -3.28. The zero-order chi connectivity index (χ0) is 14.9. The molecular weight excluding hydrogens is 270 g/mol. The van der Waals surface area contributed by atoms with Crippen LogP contribution in [0.4, 0.5) is 14.5 Å². The summed E-state index contributed by atoms with van der Waals surface area (Å²) in [5.41, 5.74) is -1.72. The first-order chi connectivity index (χ1) is 9.47. The van der Waals surface area contributed by atoms with Crippen molar-refractivity contribution in [3.05, 3.63) is 39.4 Å². The second kappa shape index (κ2) is 5.52. The van der Waals surface area contributed by atoms with Gasteiger partial charge in [-0.3, -0.25) is 14.9 Å². The van der Waals surface area contributed by atoms with Crippen LogP contribution in [-0.2, 0) is 0 Å². The molecule has 1 aromatic rings. The fraction of sp³-hybridized carbons (Fsp3) is 0.462. The van der Waals surface area contributed by atoms with E-state index in [0.29, 0.717) is 13.0 Å². The van der Waals surface area contributed by atoms with Gasteiger partial charge in [-0.05, 0) is 25.3 Å². The Morgan fingerprint density at radius 1 is 1.50 bits per heavy atom. The average molecular weight is 284 g/mol. The van der Waals surface area contributed by atoms with Crippen molar-refractivity contribution in [3.63, 3.8) is 0 Å². The van der Waals surface area contributed by atoms with E-state index in [1.165, 1.54) is 4.90 Å². The number of rotatable bonds is 3. The molecule has 1 fully saturated rings. The minimum atomic E-state index is -1.40. The molecule has 1 heterocycles. The van der Waals surface area contributed by atoms with Gasteiger partial charge in [-0.1, -0.05) is 6.92 Å². The number of carbonyl (C=O) groups is 1. The van der Waals surface area contributed by atoms with Gasteiger partial charge in [0.25, 0.3) is 5.91 Å². The van der Waals surface area contributed by atoms with Crippen LogP contribution in [0.5, 0.6) is 0 Å². The molecule has 2 rings (SSSR count). The molecule has 1 aliphatic heterocycles. The summed E-state index contributed by atoms with van der Waals surface area (Å²) in [6.45, 7) is 2.30. The molecule has 7 heteroatoms. The van der Waals surface area contributed by atoms with Crippen LogP contribution >= 0.6 is 0 Å². The van der Waals surface area contributed by atoms with Crippen LogP contribution in [0.2, 0.25) is 0 Å². The fourth-order valence-corrected chi connectivity index (χ4v) is 2.55. The van der Waals surface area contributed by atoms with E-state index in [-0.39, 0.29) is 6.04 Å². The molecule has 1 unspecified atom stereocenters. The van der Waals surface area contributed by atoms with Gasteiger partial charge in [0.2, 0.25) is 5.82 Å². The maximum atomic E-state index is 14.0.